The summed E-state index contributed by atoms with van der Waals surface area (Å²) in [7, 11) is 5.96. The molecular weight excluding hydrogens is 124 g/mol. The molecule has 0 aliphatic carbocycles. The van der Waals surface area contributed by atoms with Crippen molar-refractivity contribution >= 4 is 0 Å². The molecule has 1 saturated heterocycles. The largest absolute Gasteiger partial charge is 0.290 e. The molecule has 1 rings (SSSR count). The molecule has 1 aliphatic rings. The molecule has 1 unspecified atom stereocenters. The fourth-order valence-electron chi connectivity index (χ4n) is 1.68. The fourth-order valence-corrected chi connectivity index (χ4v) is 1.68. The minimum atomic E-state index is 0.602. The minimum absolute atomic E-state index is 0.602. The van der Waals surface area contributed by atoms with Gasteiger partial charge in [-0.2, -0.15) is 0 Å². The Labute approximate surface area is 63.8 Å². The van der Waals surface area contributed by atoms with E-state index in [9.17, 15) is 0 Å². The van der Waals surface area contributed by atoms with Gasteiger partial charge in [0.25, 0.3) is 0 Å². The molecule has 0 spiro atoms. The van der Waals surface area contributed by atoms with Gasteiger partial charge in [0, 0.05) is 7.05 Å². The topological polar surface area (TPSA) is 6.48 Å². The highest BCUT2D eigenvalue weighted by atomic mass is 15.3. The van der Waals surface area contributed by atoms with E-state index < -0.39 is 0 Å². The zero-order valence-corrected chi connectivity index (χ0v) is 7.01. The highest BCUT2D eigenvalue weighted by Crippen LogP contribution is 2.17. The number of rotatable bonds is 2. The van der Waals surface area contributed by atoms with E-state index in [1.165, 1.54) is 19.4 Å². The van der Waals surface area contributed by atoms with E-state index in [2.05, 4.69) is 30.8 Å². The normalized spacial score (nSPS) is 28.2. The quantitative estimate of drug-likeness (QED) is 0.569. The van der Waals surface area contributed by atoms with E-state index in [4.69, 9.17) is 0 Å². The van der Waals surface area contributed by atoms with Crippen molar-refractivity contribution in [1.29, 1.82) is 0 Å². The molecule has 0 amide bonds. The van der Waals surface area contributed by atoms with Crippen molar-refractivity contribution in [2.75, 3.05) is 20.1 Å². The van der Waals surface area contributed by atoms with Gasteiger partial charge in [0.15, 0.2) is 0 Å². The van der Waals surface area contributed by atoms with Gasteiger partial charge in [0.2, 0.25) is 0 Å². The molecular formula is C8H17N2. The Balaban J connectivity index is 2.42. The Hall–Kier alpha value is -0.0800. The van der Waals surface area contributed by atoms with Gasteiger partial charge in [-0.3, -0.25) is 9.80 Å². The third kappa shape index (κ3) is 1.50. The first kappa shape index (κ1) is 8.02. The van der Waals surface area contributed by atoms with Crippen molar-refractivity contribution in [2.45, 2.75) is 25.9 Å². The average molecular weight is 141 g/mol. The van der Waals surface area contributed by atoms with E-state index in [0.29, 0.717) is 6.17 Å². The highest BCUT2D eigenvalue weighted by Gasteiger charge is 2.23. The van der Waals surface area contributed by atoms with Gasteiger partial charge < -0.3 is 0 Å². The first-order chi connectivity index (χ1) is 4.75. The van der Waals surface area contributed by atoms with E-state index in [0.717, 1.165) is 6.54 Å². The minimum Gasteiger partial charge on any atom is -0.290 e. The molecule has 0 aromatic carbocycles. The van der Waals surface area contributed by atoms with E-state index >= 15 is 0 Å². The number of hydrogen-bond donors (Lipinski definition) is 0. The van der Waals surface area contributed by atoms with Crippen LogP contribution in [0.3, 0.4) is 0 Å². The van der Waals surface area contributed by atoms with Crippen LogP contribution in [-0.2, 0) is 0 Å². The van der Waals surface area contributed by atoms with Crippen LogP contribution in [0.1, 0.15) is 19.8 Å². The predicted molar refractivity (Wildman–Crippen MR) is 43.4 cm³/mol. The van der Waals surface area contributed by atoms with Crippen molar-refractivity contribution in [3.05, 3.63) is 7.05 Å². The summed E-state index contributed by atoms with van der Waals surface area (Å²) >= 11 is 0. The Morgan fingerprint density at radius 1 is 1.70 bits per heavy atom. The van der Waals surface area contributed by atoms with Gasteiger partial charge in [0.1, 0.15) is 0 Å². The molecule has 1 heterocycles. The molecule has 0 aromatic rings. The van der Waals surface area contributed by atoms with E-state index in [1.807, 2.05) is 0 Å². The van der Waals surface area contributed by atoms with Crippen LogP contribution in [0, 0.1) is 7.05 Å². The fraction of sp³-hybridized carbons (Fsp3) is 0.875. The van der Waals surface area contributed by atoms with Gasteiger partial charge in [-0.25, -0.2) is 0 Å². The van der Waals surface area contributed by atoms with Crippen LogP contribution in [0.15, 0.2) is 0 Å². The number of hydrogen-bond acceptors (Lipinski definition) is 2. The molecule has 59 valence electrons. The van der Waals surface area contributed by atoms with Crippen LogP contribution in [0.25, 0.3) is 0 Å². The lowest BCUT2D eigenvalue weighted by Gasteiger charge is -2.28. The van der Waals surface area contributed by atoms with Crippen molar-refractivity contribution in [2.24, 2.45) is 0 Å². The average Bonchev–Trinajstić information content (AvgIpc) is 2.33. The lowest BCUT2D eigenvalue weighted by Crippen LogP contribution is -2.38. The summed E-state index contributed by atoms with van der Waals surface area (Å²) in [5, 5.41) is 0. The van der Waals surface area contributed by atoms with Gasteiger partial charge in [-0.15, -0.1) is 0 Å². The molecule has 1 aliphatic heterocycles. The van der Waals surface area contributed by atoms with Gasteiger partial charge in [0.05, 0.1) is 6.17 Å². The maximum atomic E-state index is 3.91. The third-order valence-electron chi connectivity index (χ3n) is 2.24. The Bertz CT molecular complexity index is 101. The summed E-state index contributed by atoms with van der Waals surface area (Å²) in [5.41, 5.74) is 0. The van der Waals surface area contributed by atoms with Crippen molar-refractivity contribution in [3.8, 4) is 0 Å². The van der Waals surface area contributed by atoms with Gasteiger partial charge in [-0.05, 0) is 33.0 Å². The SMILES string of the molecule is [CH2]N(C)C1CCCN1CC. The van der Waals surface area contributed by atoms with Crippen molar-refractivity contribution in [1.82, 2.24) is 9.80 Å². The molecule has 2 nitrogen and oxygen atoms in total. The Morgan fingerprint density at radius 2 is 2.40 bits per heavy atom. The van der Waals surface area contributed by atoms with Crippen LogP contribution in [-0.4, -0.2) is 36.1 Å². The molecule has 0 saturated carbocycles. The van der Waals surface area contributed by atoms with Crippen LogP contribution in [0.5, 0.6) is 0 Å². The van der Waals surface area contributed by atoms with Gasteiger partial charge in [-0.1, -0.05) is 6.92 Å². The second kappa shape index (κ2) is 3.35. The second-order valence-corrected chi connectivity index (χ2v) is 3.01. The van der Waals surface area contributed by atoms with Crippen molar-refractivity contribution < 1.29 is 0 Å². The second-order valence-electron chi connectivity index (χ2n) is 3.01. The third-order valence-corrected chi connectivity index (χ3v) is 2.24. The predicted octanol–water partition coefficient (Wildman–Crippen LogP) is 1.15. The van der Waals surface area contributed by atoms with Crippen LogP contribution >= 0.6 is 0 Å². The summed E-state index contributed by atoms with van der Waals surface area (Å²) in [5.74, 6) is 0. The summed E-state index contributed by atoms with van der Waals surface area (Å²) in [6.07, 6.45) is 3.22. The summed E-state index contributed by atoms with van der Waals surface area (Å²) < 4.78 is 0. The Morgan fingerprint density at radius 3 is 2.80 bits per heavy atom. The maximum Gasteiger partial charge on any atom is 0.0620 e. The van der Waals surface area contributed by atoms with E-state index in [1.54, 1.807) is 0 Å². The zero-order valence-electron chi connectivity index (χ0n) is 7.01. The van der Waals surface area contributed by atoms with Crippen LogP contribution < -0.4 is 0 Å². The molecule has 0 aromatic heterocycles. The Kier molecular flexibility index (Phi) is 2.69. The summed E-state index contributed by atoms with van der Waals surface area (Å²) in [4.78, 5) is 4.53. The smallest absolute Gasteiger partial charge is 0.0620 e. The van der Waals surface area contributed by atoms with Crippen molar-refractivity contribution in [3.63, 3.8) is 0 Å². The first-order valence-corrected chi connectivity index (χ1v) is 4.03. The molecule has 2 heteroatoms. The first-order valence-electron chi connectivity index (χ1n) is 4.03. The maximum absolute atomic E-state index is 3.91. The lowest BCUT2D eigenvalue weighted by atomic mass is 10.3. The standard InChI is InChI=1S/C8H17N2/c1-4-10-7-5-6-8(10)9(2)3/h8H,2,4-7H2,1,3H3. The number of likely N-dealkylation sites (tertiary alicyclic amines) is 1. The van der Waals surface area contributed by atoms with E-state index in [-0.39, 0.29) is 0 Å². The highest BCUT2D eigenvalue weighted by molar-refractivity contribution is 4.76. The van der Waals surface area contributed by atoms with Crippen LogP contribution in [0.2, 0.25) is 0 Å². The van der Waals surface area contributed by atoms with Gasteiger partial charge >= 0.3 is 0 Å². The zero-order chi connectivity index (χ0) is 7.56. The molecule has 1 radical (unpaired) electrons. The molecule has 1 fully saturated rings. The molecule has 0 bridgehead atoms. The molecule has 0 N–H and O–H groups in total. The number of nitrogens with zero attached hydrogens (tertiary/aromatic N) is 2. The summed E-state index contributed by atoms with van der Waals surface area (Å²) in [6.45, 7) is 4.62. The lowest BCUT2D eigenvalue weighted by molar-refractivity contribution is 0.141. The summed E-state index contributed by atoms with van der Waals surface area (Å²) in [6, 6.07) is 0. The monoisotopic (exact) mass is 141 g/mol. The van der Waals surface area contributed by atoms with Crippen LogP contribution in [0.4, 0.5) is 0 Å². The molecule has 10 heavy (non-hydrogen) atoms. The molecule has 1 atom stereocenters.